The third-order valence-corrected chi connectivity index (χ3v) is 4.88. The molecule has 4 nitrogen and oxygen atoms in total. The van der Waals surface area contributed by atoms with Gasteiger partial charge >= 0.3 is 5.97 Å². The summed E-state index contributed by atoms with van der Waals surface area (Å²) in [5.41, 5.74) is 2.84. The zero-order valence-electron chi connectivity index (χ0n) is 14.3. The number of nitrogens with zero attached hydrogens (tertiary/aromatic N) is 1. The number of rotatable bonds is 4. The van der Waals surface area contributed by atoms with Gasteiger partial charge in [-0.2, -0.15) is 0 Å². The molecule has 0 aliphatic carbocycles. The molecule has 130 valence electrons. The first kappa shape index (κ1) is 17.5. The summed E-state index contributed by atoms with van der Waals surface area (Å²) in [6.07, 6.45) is 1.08. The first-order valence-corrected chi connectivity index (χ1v) is 8.73. The summed E-state index contributed by atoms with van der Waals surface area (Å²) in [5.74, 6) is -0.439. The molecule has 0 bridgehead atoms. The molecule has 1 saturated heterocycles. The van der Waals surface area contributed by atoms with E-state index in [1.165, 1.54) is 5.56 Å². The molecule has 3 rings (SSSR count). The molecular formula is C20H20ClNO3. The Kier molecular flexibility index (Phi) is 5.09. The van der Waals surface area contributed by atoms with Crippen LogP contribution >= 0.6 is 11.6 Å². The number of anilines is 1. The minimum atomic E-state index is -0.474. The van der Waals surface area contributed by atoms with E-state index in [1.54, 1.807) is 23.1 Å². The van der Waals surface area contributed by atoms with E-state index in [2.05, 4.69) is 6.92 Å². The minimum Gasteiger partial charge on any atom is -0.426 e. The van der Waals surface area contributed by atoms with E-state index in [0.29, 0.717) is 23.0 Å². The fraction of sp³-hybridized carbons (Fsp3) is 0.300. The summed E-state index contributed by atoms with van der Waals surface area (Å²) in [4.78, 5) is 26.3. The molecule has 1 atom stereocenters. The van der Waals surface area contributed by atoms with Crippen LogP contribution in [0.4, 0.5) is 5.69 Å². The molecule has 0 aromatic heterocycles. The Bertz CT molecular complexity index is 801. The number of esters is 1. The van der Waals surface area contributed by atoms with Crippen LogP contribution in [-0.2, 0) is 16.0 Å². The summed E-state index contributed by atoms with van der Waals surface area (Å²) in [7, 11) is 0. The average Bonchev–Trinajstić information content (AvgIpc) is 3.00. The highest BCUT2D eigenvalue weighted by molar-refractivity contribution is 6.31. The monoisotopic (exact) mass is 357 g/mol. The Balaban J connectivity index is 1.68. The molecular weight excluding hydrogens is 338 g/mol. The summed E-state index contributed by atoms with van der Waals surface area (Å²) < 4.78 is 5.43. The van der Waals surface area contributed by atoms with Crippen molar-refractivity contribution < 1.29 is 14.3 Å². The van der Waals surface area contributed by atoms with Crippen molar-refractivity contribution in [2.75, 3.05) is 11.4 Å². The lowest BCUT2D eigenvalue weighted by Crippen LogP contribution is -2.27. The Labute approximate surface area is 152 Å². The number of hydrogen-bond acceptors (Lipinski definition) is 3. The van der Waals surface area contributed by atoms with Crippen molar-refractivity contribution in [1.82, 2.24) is 0 Å². The van der Waals surface area contributed by atoms with E-state index in [-0.39, 0.29) is 18.3 Å². The largest absolute Gasteiger partial charge is 0.426 e. The van der Waals surface area contributed by atoms with Crippen LogP contribution in [0.15, 0.2) is 42.5 Å². The molecule has 1 aliphatic rings. The van der Waals surface area contributed by atoms with Gasteiger partial charge in [0.1, 0.15) is 5.75 Å². The van der Waals surface area contributed by atoms with Gasteiger partial charge in [-0.1, -0.05) is 36.7 Å². The molecule has 1 fully saturated rings. The quantitative estimate of drug-likeness (QED) is 0.609. The molecule has 2 aromatic carbocycles. The van der Waals surface area contributed by atoms with Crippen molar-refractivity contribution in [2.24, 2.45) is 5.92 Å². The summed E-state index contributed by atoms with van der Waals surface area (Å²) in [6.45, 7) is 4.28. The molecule has 1 aliphatic heterocycles. The van der Waals surface area contributed by atoms with Crippen LogP contribution in [0.2, 0.25) is 5.02 Å². The number of hydrogen-bond donors (Lipinski definition) is 0. The molecule has 1 heterocycles. The normalized spacial score (nSPS) is 17.0. The molecule has 0 spiro atoms. The highest BCUT2D eigenvalue weighted by Crippen LogP contribution is 2.29. The van der Waals surface area contributed by atoms with Crippen LogP contribution in [-0.4, -0.2) is 18.4 Å². The lowest BCUT2D eigenvalue weighted by molar-refractivity contribution is -0.139. The Morgan fingerprint density at radius 3 is 2.60 bits per heavy atom. The summed E-state index contributed by atoms with van der Waals surface area (Å²) >= 11 is 6.14. The Morgan fingerprint density at radius 1 is 1.24 bits per heavy atom. The van der Waals surface area contributed by atoms with Gasteiger partial charge in [0.2, 0.25) is 5.91 Å². The number of carbonyl (C=O) groups is 2. The maximum Gasteiger partial charge on any atom is 0.316 e. The number of benzene rings is 2. The predicted octanol–water partition coefficient (Wildman–Crippen LogP) is 4.17. The van der Waals surface area contributed by atoms with Gasteiger partial charge < -0.3 is 9.64 Å². The molecule has 0 unspecified atom stereocenters. The second-order valence-electron chi connectivity index (χ2n) is 6.26. The minimum absolute atomic E-state index is 0.0943. The molecule has 0 N–H and O–H groups in total. The van der Waals surface area contributed by atoms with Gasteiger partial charge in [0, 0.05) is 23.7 Å². The van der Waals surface area contributed by atoms with Crippen molar-refractivity contribution in [3.05, 3.63) is 58.6 Å². The lowest BCUT2D eigenvalue weighted by atomic mass is 10.1. The average molecular weight is 358 g/mol. The van der Waals surface area contributed by atoms with Gasteiger partial charge in [0.05, 0.1) is 5.92 Å². The van der Waals surface area contributed by atoms with Crippen molar-refractivity contribution in [3.8, 4) is 5.75 Å². The zero-order valence-corrected chi connectivity index (χ0v) is 15.0. The molecule has 0 radical (unpaired) electrons. The lowest BCUT2D eigenvalue weighted by Gasteiger charge is -2.17. The fourth-order valence-electron chi connectivity index (χ4n) is 2.86. The summed E-state index contributed by atoms with van der Waals surface area (Å²) in [6, 6.07) is 12.9. The van der Waals surface area contributed by atoms with Gasteiger partial charge in [-0.3, -0.25) is 9.59 Å². The number of carbonyl (C=O) groups excluding carboxylic acids is 2. The molecule has 5 heteroatoms. The number of halogens is 1. The number of amides is 1. The van der Waals surface area contributed by atoms with Crippen molar-refractivity contribution in [3.63, 3.8) is 0 Å². The third kappa shape index (κ3) is 3.85. The van der Waals surface area contributed by atoms with E-state index in [9.17, 15) is 9.59 Å². The molecule has 0 saturated carbocycles. The topological polar surface area (TPSA) is 46.6 Å². The Morgan fingerprint density at radius 2 is 1.96 bits per heavy atom. The SMILES string of the molecule is CCc1ccc(OC(=O)[C@@H]2CC(=O)N(c3ccc(C)c(Cl)c3)C2)cc1. The molecule has 25 heavy (non-hydrogen) atoms. The standard InChI is InChI=1S/C20H20ClNO3/c1-3-14-5-8-17(9-6-14)25-20(24)15-10-19(23)22(12-15)16-7-4-13(2)18(21)11-16/h4-9,11,15H,3,10,12H2,1-2H3/t15-/m1/s1. The van der Waals surface area contributed by atoms with E-state index in [4.69, 9.17) is 16.3 Å². The van der Waals surface area contributed by atoms with Crippen molar-refractivity contribution in [2.45, 2.75) is 26.7 Å². The maximum absolute atomic E-state index is 12.4. The van der Waals surface area contributed by atoms with Crippen LogP contribution < -0.4 is 9.64 Å². The van der Waals surface area contributed by atoms with Gasteiger partial charge in [0.25, 0.3) is 0 Å². The first-order valence-electron chi connectivity index (χ1n) is 8.35. The second-order valence-corrected chi connectivity index (χ2v) is 6.66. The van der Waals surface area contributed by atoms with Crippen LogP contribution in [0.1, 0.15) is 24.5 Å². The van der Waals surface area contributed by atoms with Gasteiger partial charge in [-0.05, 0) is 48.7 Å². The zero-order chi connectivity index (χ0) is 18.0. The van der Waals surface area contributed by atoms with Crippen molar-refractivity contribution >= 4 is 29.2 Å². The molecule has 1 amide bonds. The van der Waals surface area contributed by atoms with Crippen LogP contribution in [0.25, 0.3) is 0 Å². The van der Waals surface area contributed by atoms with E-state index >= 15 is 0 Å². The van der Waals surface area contributed by atoms with E-state index in [1.807, 2.05) is 31.2 Å². The highest BCUT2D eigenvalue weighted by Gasteiger charge is 2.36. The number of aryl methyl sites for hydroxylation is 2. The summed E-state index contributed by atoms with van der Waals surface area (Å²) in [5, 5.41) is 0.604. The van der Waals surface area contributed by atoms with Crippen LogP contribution in [0, 0.1) is 12.8 Å². The first-order chi connectivity index (χ1) is 12.0. The third-order valence-electron chi connectivity index (χ3n) is 4.48. The second kappa shape index (κ2) is 7.28. The van der Waals surface area contributed by atoms with Gasteiger partial charge in [-0.25, -0.2) is 0 Å². The highest BCUT2D eigenvalue weighted by atomic mass is 35.5. The van der Waals surface area contributed by atoms with Crippen molar-refractivity contribution in [1.29, 1.82) is 0 Å². The van der Waals surface area contributed by atoms with E-state index in [0.717, 1.165) is 12.0 Å². The smallest absolute Gasteiger partial charge is 0.316 e. The van der Waals surface area contributed by atoms with Gasteiger partial charge in [-0.15, -0.1) is 0 Å². The number of ether oxygens (including phenoxy) is 1. The Hall–Kier alpha value is -2.33. The fourth-order valence-corrected chi connectivity index (χ4v) is 3.03. The van der Waals surface area contributed by atoms with E-state index < -0.39 is 5.92 Å². The predicted molar refractivity (Wildman–Crippen MR) is 98.1 cm³/mol. The van der Waals surface area contributed by atoms with Crippen LogP contribution in [0.5, 0.6) is 5.75 Å². The van der Waals surface area contributed by atoms with Gasteiger partial charge in [0.15, 0.2) is 0 Å². The van der Waals surface area contributed by atoms with Crippen LogP contribution in [0.3, 0.4) is 0 Å². The maximum atomic E-state index is 12.4. The molecule has 2 aromatic rings.